The predicted octanol–water partition coefficient (Wildman–Crippen LogP) is 11.6. The summed E-state index contributed by atoms with van der Waals surface area (Å²) in [4.78, 5) is 0. The molecule has 0 N–H and O–H groups in total. The largest absolute Gasteiger partial charge is 0.309 e. The van der Waals surface area contributed by atoms with E-state index in [1.807, 2.05) is 11.3 Å². The summed E-state index contributed by atoms with van der Waals surface area (Å²) in [7, 11) is 0. The average molecular weight is 552 g/mol. The van der Waals surface area contributed by atoms with Crippen LogP contribution in [0.2, 0.25) is 0 Å². The van der Waals surface area contributed by atoms with Crippen LogP contribution in [0.1, 0.15) is 0 Å². The third-order valence-electron chi connectivity index (χ3n) is 8.58. The van der Waals surface area contributed by atoms with Crippen LogP contribution in [-0.4, -0.2) is 4.57 Å². The zero-order chi connectivity index (χ0) is 27.6. The van der Waals surface area contributed by atoms with Crippen molar-refractivity contribution in [3.8, 4) is 27.9 Å². The summed E-state index contributed by atoms with van der Waals surface area (Å²) in [6.45, 7) is 0. The van der Waals surface area contributed by atoms with Crippen LogP contribution in [0, 0.1) is 0 Å². The Labute approximate surface area is 247 Å². The van der Waals surface area contributed by atoms with Gasteiger partial charge >= 0.3 is 0 Å². The lowest BCUT2D eigenvalue weighted by molar-refractivity contribution is 1.18. The van der Waals surface area contributed by atoms with Gasteiger partial charge in [0.25, 0.3) is 0 Å². The minimum atomic E-state index is 1.17. The van der Waals surface area contributed by atoms with E-state index in [1.165, 1.54) is 80.7 Å². The normalized spacial score (nSPS) is 11.8. The zero-order valence-corrected chi connectivity index (χ0v) is 23.6. The summed E-state index contributed by atoms with van der Waals surface area (Å²) >= 11 is 1.87. The quantitative estimate of drug-likeness (QED) is 0.206. The second-order valence-corrected chi connectivity index (χ2v) is 12.0. The molecule has 2 heterocycles. The first kappa shape index (κ1) is 23.5. The highest BCUT2D eigenvalue weighted by Gasteiger charge is 2.20. The van der Waals surface area contributed by atoms with Gasteiger partial charge in [-0.1, -0.05) is 109 Å². The van der Waals surface area contributed by atoms with Gasteiger partial charge in [-0.3, -0.25) is 0 Å². The van der Waals surface area contributed by atoms with Crippen LogP contribution in [0.15, 0.2) is 152 Å². The summed E-state index contributed by atoms with van der Waals surface area (Å²) in [5.41, 5.74) is 8.62. The second kappa shape index (κ2) is 9.17. The van der Waals surface area contributed by atoms with Gasteiger partial charge in [-0.25, -0.2) is 0 Å². The fourth-order valence-corrected chi connectivity index (χ4v) is 7.75. The lowest BCUT2D eigenvalue weighted by Gasteiger charge is -2.15. The van der Waals surface area contributed by atoms with Gasteiger partial charge in [0.2, 0.25) is 0 Å². The minimum Gasteiger partial charge on any atom is -0.309 e. The van der Waals surface area contributed by atoms with E-state index in [-0.39, 0.29) is 0 Å². The molecule has 1 nitrogen and oxygen atoms in total. The fraction of sp³-hybridized carbons (Fsp3) is 0. The van der Waals surface area contributed by atoms with E-state index in [0.717, 1.165) is 0 Å². The summed E-state index contributed by atoms with van der Waals surface area (Å²) in [6, 6.07) is 55.5. The number of hydrogen-bond donors (Lipinski definition) is 0. The highest BCUT2D eigenvalue weighted by Crippen LogP contribution is 2.44. The van der Waals surface area contributed by atoms with Crippen molar-refractivity contribution < 1.29 is 0 Å². The van der Waals surface area contributed by atoms with Gasteiger partial charge in [-0.2, -0.15) is 0 Å². The number of aromatic nitrogens is 1. The molecule has 0 aliphatic rings. The Kier molecular flexibility index (Phi) is 5.13. The molecule has 42 heavy (non-hydrogen) atoms. The molecule has 0 spiro atoms. The monoisotopic (exact) mass is 551 g/mol. The van der Waals surface area contributed by atoms with Crippen molar-refractivity contribution in [1.82, 2.24) is 4.57 Å². The molecule has 7 aromatic carbocycles. The Hall–Kier alpha value is -5.18. The molecule has 0 atom stereocenters. The van der Waals surface area contributed by atoms with E-state index in [2.05, 4.69) is 156 Å². The molecular weight excluding hydrogens is 527 g/mol. The fourth-order valence-electron chi connectivity index (χ4n) is 6.67. The van der Waals surface area contributed by atoms with Crippen LogP contribution >= 0.6 is 11.3 Å². The Morgan fingerprint density at radius 3 is 1.90 bits per heavy atom. The van der Waals surface area contributed by atoms with Gasteiger partial charge in [0, 0.05) is 42.2 Å². The first-order chi connectivity index (χ1) is 20.8. The van der Waals surface area contributed by atoms with E-state index in [4.69, 9.17) is 0 Å². The van der Waals surface area contributed by atoms with Crippen LogP contribution in [0.4, 0.5) is 0 Å². The van der Waals surface area contributed by atoms with E-state index < -0.39 is 0 Å². The van der Waals surface area contributed by atoms with Crippen molar-refractivity contribution in [3.63, 3.8) is 0 Å². The summed E-state index contributed by atoms with van der Waals surface area (Å²) in [5.74, 6) is 0. The van der Waals surface area contributed by atoms with Crippen LogP contribution in [-0.2, 0) is 0 Å². The molecule has 0 aliphatic heterocycles. The maximum Gasteiger partial charge on any atom is 0.0625 e. The van der Waals surface area contributed by atoms with Gasteiger partial charge in [0.15, 0.2) is 0 Å². The summed E-state index contributed by atoms with van der Waals surface area (Å²) in [6.07, 6.45) is 0. The van der Waals surface area contributed by atoms with Crippen molar-refractivity contribution in [2.45, 2.75) is 0 Å². The first-order valence-electron chi connectivity index (χ1n) is 14.4. The molecule has 0 aliphatic carbocycles. The molecule has 0 amide bonds. The zero-order valence-electron chi connectivity index (χ0n) is 22.8. The summed E-state index contributed by atoms with van der Waals surface area (Å²) in [5, 5.41) is 7.73. The molecule has 0 unspecified atom stereocenters. The Morgan fingerprint density at radius 1 is 0.405 bits per heavy atom. The Morgan fingerprint density at radius 2 is 1.05 bits per heavy atom. The van der Waals surface area contributed by atoms with E-state index >= 15 is 0 Å². The van der Waals surface area contributed by atoms with Gasteiger partial charge in [0.05, 0.1) is 11.0 Å². The van der Waals surface area contributed by atoms with E-state index in [9.17, 15) is 0 Å². The molecule has 2 aromatic heterocycles. The highest BCUT2D eigenvalue weighted by atomic mass is 32.1. The molecule has 0 fully saturated rings. The molecule has 2 heteroatoms. The molecule has 9 rings (SSSR count). The van der Waals surface area contributed by atoms with Crippen molar-refractivity contribution in [1.29, 1.82) is 0 Å². The van der Waals surface area contributed by atoms with Crippen molar-refractivity contribution >= 4 is 64.1 Å². The van der Waals surface area contributed by atoms with Gasteiger partial charge < -0.3 is 4.57 Å². The lowest BCUT2D eigenvalue weighted by atomic mass is 9.94. The van der Waals surface area contributed by atoms with E-state index in [1.54, 1.807) is 0 Å². The number of benzene rings is 7. The average Bonchev–Trinajstić information content (AvgIpc) is 3.59. The summed E-state index contributed by atoms with van der Waals surface area (Å²) < 4.78 is 5.13. The van der Waals surface area contributed by atoms with E-state index in [0.29, 0.717) is 0 Å². The molecule has 0 bridgehead atoms. The maximum absolute atomic E-state index is 2.47. The number of rotatable bonds is 3. The second-order valence-electron chi connectivity index (χ2n) is 10.9. The topological polar surface area (TPSA) is 4.93 Å². The molecule has 0 radical (unpaired) electrons. The van der Waals surface area contributed by atoms with Gasteiger partial charge in [-0.15, -0.1) is 11.3 Å². The molecule has 0 saturated carbocycles. The maximum atomic E-state index is 2.47. The third-order valence-corrected chi connectivity index (χ3v) is 9.73. The van der Waals surface area contributed by atoms with Crippen LogP contribution in [0.25, 0.3) is 80.7 Å². The standard InChI is InChI=1S/C40H25NS/c1-2-10-26(11-3-1)27-18-21-30(22-19-27)41-36-16-8-6-14-32(36)35-24-28-12-4-5-13-31(28)39(40(35)41)29-20-23-38-34(25-29)33-15-7-9-17-37(33)42-38/h1-25H. The Bertz CT molecular complexity index is 2440. The molecule has 196 valence electrons. The van der Waals surface area contributed by atoms with Crippen LogP contribution in [0.3, 0.4) is 0 Å². The SMILES string of the molecule is c1ccc(-c2ccc(-n3c4ccccc4c4cc5ccccc5c(-c5ccc6sc7ccccc7c6c5)c43)cc2)cc1. The lowest BCUT2D eigenvalue weighted by Crippen LogP contribution is -1.96. The van der Waals surface area contributed by atoms with Crippen LogP contribution in [0.5, 0.6) is 0 Å². The molecular formula is C40H25NS. The van der Waals surface area contributed by atoms with Crippen molar-refractivity contribution in [3.05, 3.63) is 152 Å². The number of fused-ring (bicyclic) bond motifs is 7. The van der Waals surface area contributed by atoms with Gasteiger partial charge in [0.1, 0.15) is 0 Å². The molecule has 9 aromatic rings. The Balaban J connectivity index is 1.39. The van der Waals surface area contributed by atoms with Crippen molar-refractivity contribution in [2.24, 2.45) is 0 Å². The van der Waals surface area contributed by atoms with Crippen LogP contribution < -0.4 is 0 Å². The smallest absolute Gasteiger partial charge is 0.0625 e. The number of para-hydroxylation sites is 1. The number of nitrogens with zero attached hydrogens (tertiary/aromatic N) is 1. The number of thiophene rings is 1. The predicted molar refractivity (Wildman–Crippen MR) is 182 cm³/mol. The molecule has 0 saturated heterocycles. The number of hydrogen-bond acceptors (Lipinski definition) is 1. The minimum absolute atomic E-state index is 1.17. The third kappa shape index (κ3) is 3.49. The first-order valence-corrected chi connectivity index (χ1v) is 15.2. The van der Waals surface area contributed by atoms with Crippen molar-refractivity contribution in [2.75, 3.05) is 0 Å². The van der Waals surface area contributed by atoms with Gasteiger partial charge in [-0.05, 0) is 69.9 Å². The highest BCUT2D eigenvalue weighted by molar-refractivity contribution is 7.25.